The van der Waals surface area contributed by atoms with Crippen LogP contribution in [0.4, 0.5) is 0 Å². The highest BCUT2D eigenvalue weighted by Gasteiger charge is 2.20. The molecule has 2 heteroatoms. The molecule has 0 saturated carbocycles. The van der Waals surface area contributed by atoms with E-state index in [1.165, 1.54) is 39.1 Å². The van der Waals surface area contributed by atoms with Gasteiger partial charge in [-0.1, -0.05) is 63.6 Å². The van der Waals surface area contributed by atoms with Crippen molar-refractivity contribution in [1.29, 1.82) is 0 Å². The maximum absolute atomic E-state index is 2.31. The first-order valence-corrected chi connectivity index (χ1v) is 10.0. The number of benzene rings is 2. The molecule has 27 heavy (non-hydrogen) atoms. The van der Waals surface area contributed by atoms with Gasteiger partial charge in [0.1, 0.15) is 24.6 Å². The van der Waals surface area contributed by atoms with E-state index in [0.717, 1.165) is 6.54 Å². The van der Waals surface area contributed by atoms with Crippen LogP contribution in [0.15, 0.2) is 49.1 Å². The molecule has 2 aromatic carbocycles. The fraction of sp³-hybridized carbons (Fsp3) is 0.400. The zero-order valence-electron chi connectivity index (χ0n) is 17.9. The minimum absolute atomic E-state index is 0.496. The van der Waals surface area contributed by atoms with Crippen LogP contribution in [-0.2, 0) is 6.54 Å². The van der Waals surface area contributed by atoms with Gasteiger partial charge in [0.15, 0.2) is 0 Å². The third-order valence-corrected chi connectivity index (χ3v) is 5.47. The maximum atomic E-state index is 2.31. The molecule has 0 N–H and O–H groups in total. The molecule has 0 spiro atoms. The fourth-order valence-electron chi connectivity index (χ4n) is 4.07. The van der Waals surface area contributed by atoms with Crippen LogP contribution in [0.1, 0.15) is 72.9 Å². The second-order valence-corrected chi connectivity index (χ2v) is 8.46. The molecule has 1 heterocycles. The van der Waals surface area contributed by atoms with Crippen LogP contribution >= 0.6 is 0 Å². The Morgan fingerprint density at radius 3 is 1.96 bits per heavy atom. The number of aryl methyl sites for hydroxylation is 3. The molecule has 0 atom stereocenters. The Bertz CT molecular complexity index is 895. The minimum Gasteiger partial charge on any atom is -0.232 e. The van der Waals surface area contributed by atoms with Crippen molar-refractivity contribution in [3.8, 4) is 5.69 Å². The molecule has 0 fully saturated rings. The topological polar surface area (TPSA) is 8.81 Å². The molecule has 0 aliphatic rings. The van der Waals surface area contributed by atoms with Gasteiger partial charge in [0.2, 0.25) is 6.33 Å². The molecule has 0 radical (unpaired) electrons. The monoisotopic (exact) mass is 361 g/mol. The molecule has 142 valence electrons. The summed E-state index contributed by atoms with van der Waals surface area (Å²) >= 11 is 0. The van der Waals surface area contributed by atoms with E-state index in [9.17, 15) is 0 Å². The number of hydrogen-bond donors (Lipinski definition) is 0. The summed E-state index contributed by atoms with van der Waals surface area (Å²) in [5.41, 5.74) is 9.67. The van der Waals surface area contributed by atoms with Crippen LogP contribution in [0, 0.1) is 20.8 Å². The van der Waals surface area contributed by atoms with Gasteiger partial charge in [-0.15, -0.1) is 0 Å². The molecule has 3 aromatic rings. The Kier molecular flexibility index (Phi) is 5.55. The van der Waals surface area contributed by atoms with E-state index in [0.29, 0.717) is 11.8 Å². The number of imidazole rings is 1. The molecule has 0 aliphatic carbocycles. The van der Waals surface area contributed by atoms with Gasteiger partial charge in [-0.3, -0.25) is 0 Å². The standard InChI is InChI=1S/C25H33N2/c1-17(2)22-9-8-10-23(18(3)4)25(22)27-12-11-26(16-27)15-24-20(6)13-19(5)14-21(24)7/h8-14,16-18H,15H2,1-7H3/q+1. The highest BCUT2D eigenvalue weighted by molar-refractivity contribution is 5.51. The van der Waals surface area contributed by atoms with Crippen molar-refractivity contribution in [3.05, 3.63) is 82.4 Å². The van der Waals surface area contributed by atoms with Crippen molar-refractivity contribution in [2.45, 2.75) is 66.8 Å². The summed E-state index contributed by atoms with van der Waals surface area (Å²) in [6.07, 6.45) is 6.64. The van der Waals surface area contributed by atoms with Gasteiger partial charge in [-0.2, -0.15) is 0 Å². The van der Waals surface area contributed by atoms with E-state index in [2.05, 4.69) is 107 Å². The average Bonchev–Trinajstić information content (AvgIpc) is 3.05. The van der Waals surface area contributed by atoms with Crippen LogP contribution in [0.2, 0.25) is 0 Å². The van der Waals surface area contributed by atoms with E-state index in [-0.39, 0.29) is 0 Å². The first-order chi connectivity index (χ1) is 12.8. The van der Waals surface area contributed by atoms with E-state index < -0.39 is 0 Å². The lowest BCUT2D eigenvalue weighted by atomic mass is 9.92. The van der Waals surface area contributed by atoms with Crippen molar-refractivity contribution >= 4 is 0 Å². The molecular formula is C25H33N2+. The molecule has 0 saturated heterocycles. The number of hydrogen-bond acceptors (Lipinski definition) is 0. The first kappa shape index (κ1) is 19.4. The number of para-hydroxylation sites is 1. The van der Waals surface area contributed by atoms with Crippen molar-refractivity contribution in [1.82, 2.24) is 4.57 Å². The lowest BCUT2D eigenvalue weighted by Crippen LogP contribution is -2.32. The van der Waals surface area contributed by atoms with Gasteiger partial charge in [0, 0.05) is 11.1 Å². The summed E-state index contributed by atoms with van der Waals surface area (Å²) < 4.78 is 4.61. The summed E-state index contributed by atoms with van der Waals surface area (Å²) in [5, 5.41) is 0. The van der Waals surface area contributed by atoms with E-state index in [4.69, 9.17) is 0 Å². The lowest BCUT2D eigenvalue weighted by molar-refractivity contribution is -0.687. The highest BCUT2D eigenvalue weighted by Crippen LogP contribution is 2.30. The Labute approximate surface area is 164 Å². The van der Waals surface area contributed by atoms with Gasteiger partial charge < -0.3 is 0 Å². The third kappa shape index (κ3) is 4.00. The second kappa shape index (κ2) is 7.72. The lowest BCUT2D eigenvalue weighted by Gasteiger charge is -2.16. The average molecular weight is 362 g/mol. The molecule has 1 aromatic heterocycles. The zero-order valence-corrected chi connectivity index (χ0v) is 17.9. The molecular weight excluding hydrogens is 328 g/mol. The van der Waals surface area contributed by atoms with Gasteiger partial charge in [-0.05, 0) is 49.3 Å². The zero-order chi connectivity index (χ0) is 19.7. The Hall–Kier alpha value is -2.35. The van der Waals surface area contributed by atoms with Crippen LogP contribution in [-0.4, -0.2) is 4.57 Å². The third-order valence-electron chi connectivity index (χ3n) is 5.47. The van der Waals surface area contributed by atoms with Gasteiger partial charge in [-0.25, -0.2) is 9.13 Å². The van der Waals surface area contributed by atoms with E-state index in [1.54, 1.807) is 0 Å². The second-order valence-electron chi connectivity index (χ2n) is 8.46. The quantitative estimate of drug-likeness (QED) is 0.494. The summed E-state index contributed by atoms with van der Waals surface area (Å²) in [7, 11) is 0. The Morgan fingerprint density at radius 2 is 1.44 bits per heavy atom. The number of rotatable bonds is 5. The smallest absolute Gasteiger partial charge is 0.232 e. The first-order valence-electron chi connectivity index (χ1n) is 10.0. The summed E-state index contributed by atoms with van der Waals surface area (Å²) in [5.74, 6) is 0.993. The van der Waals surface area contributed by atoms with E-state index >= 15 is 0 Å². The van der Waals surface area contributed by atoms with Gasteiger partial charge >= 0.3 is 0 Å². The SMILES string of the molecule is Cc1cc(C)c(C[n+]2ccn(-c3c(C(C)C)cccc3C(C)C)c2)c(C)c1. The molecule has 0 aliphatic heterocycles. The molecule has 2 nitrogen and oxygen atoms in total. The molecule has 0 bridgehead atoms. The molecule has 0 unspecified atom stereocenters. The Balaban J connectivity index is 2.02. The van der Waals surface area contributed by atoms with Crippen molar-refractivity contribution in [2.75, 3.05) is 0 Å². The van der Waals surface area contributed by atoms with Gasteiger partial charge in [0.05, 0.1) is 0 Å². The largest absolute Gasteiger partial charge is 0.249 e. The van der Waals surface area contributed by atoms with Crippen molar-refractivity contribution in [2.24, 2.45) is 0 Å². The van der Waals surface area contributed by atoms with Crippen molar-refractivity contribution < 1.29 is 4.57 Å². The van der Waals surface area contributed by atoms with Gasteiger partial charge in [0.25, 0.3) is 0 Å². The summed E-state index contributed by atoms with van der Waals surface area (Å²) in [6.45, 7) is 16.6. The predicted octanol–water partition coefficient (Wildman–Crippen LogP) is 5.99. The normalized spacial score (nSPS) is 11.6. The fourth-order valence-corrected chi connectivity index (χ4v) is 4.07. The number of aromatic nitrogens is 2. The Morgan fingerprint density at radius 1 is 0.889 bits per heavy atom. The predicted molar refractivity (Wildman–Crippen MR) is 114 cm³/mol. The summed E-state index contributed by atoms with van der Waals surface area (Å²) in [6, 6.07) is 11.3. The van der Waals surface area contributed by atoms with Crippen LogP contribution in [0.25, 0.3) is 5.69 Å². The maximum Gasteiger partial charge on any atom is 0.249 e. The molecule has 0 amide bonds. The van der Waals surface area contributed by atoms with E-state index in [1.807, 2.05) is 0 Å². The van der Waals surface area contributed by atoms with Crippen LogP contribution in [0.5, 0.6) is 0 Å². The van der Waals surface area contributed by atoms with Crippen LogP contribution < -0.4 is 4.57 Å². The van der Waals surface area contributed by atoms with Crippen molar-refractivity contribution in [3.63, 3.8) is 0 Å². The summed E-state index contributed by atoms with van der Waals surface area (Å²) in [4.78, 5) is 0. The highest BCUT2D eigenvalue weighted by atomic mass is 15.1. The molecule has 3 rings (SSSR count). The number of nitrogens with zero attached hydrogens (tertiary/aromatic N) is 2. The minimum atomic E-state index is 0.496. The van der Waals surface area contributed by atoms with Crippen LogP contribution in [0.3, 0.4) is 0 Å².